The van der Waals surface area contributed by atoms with Crippen LogP contribution in [0.5, 0.6) is 0 Å². The molecule has 4 rings (SSSR count). The molecule has 2 fully saturated rings. The molecule has 0 nitrogen and oxygen atoms in total. The van der Waals surface area contributed by atoms with E-state index in [1.807, 2.05) is 0 Å². The van der Waals surface area contributed by atoms with Gasteiger partial charge in [0, 0.05) is 0 Å². The average molecular weight is 347 g/mol. The molecule has 2 aliphatic carbocycles. The Balaban J connectivity index is 1.43. The molecule has 0 bridgehead atoms. The summed E-state index contributed by atoms with van der Waals surface area (Å²) in [7, 11) is 0. The van der Waals surface area contributed by atoms with E-state index < -0.39 is 0 Å². The van der Waals surface area contributed by atoms with Gasteiger partial charge in [0.2, 0.25) is 0 Å². The highest BCUT2D eigenvalue weighted by atomic mass is 14.4. The van der Waals surface area contributed by atoms with E-state index in [1.165, 1.54) is 68.1 Å². The van der Waals surface area contributed by atoms with Gasteiger partial charge < -0.3 is 0 Å². The van der Waals surface area contributed by atoms with Crippen LogP contribution in [0.2, 0.25) is 0 Å². The molecule has 0 aromatic heterocycles. The van der Waals surface area contributed by atoms with E-state index in [-0.39, 0.29) is 0 Å². The highest BCUT2D eigenvalue weighted by molar-refractivity contribution is 5.64. The number of aryl methyl sites for hydroxylation is 1. The standard InChI is InChI=1S/C26H34/c1-3-4-20-6-9-21(10-7-20)22-11-13-23(14-12-22)25-16-15-24-17-19(2)5-8-26(24)18-25/h6-7,9-14,19,24-26H,3-5,8,15-18H2,1-2H3. The predicted molar refractivity (Wildman–Crippen MR) is 112 cm³/mol. The van der Waals surface area contributed by atoms with Crippen LogP contribution >= 0.6 is 0 Å². The zero-order valence-electron chi connectivity index (χ0n) is 16.6. The molecule has 2 aliphatic rings. The van der Waals surface area contributed by atoms with Gasteiger partial charge in [0.15, 0.2) is 0 Å². The van der Waals surface area contributed by atoms with Crippen molar-refractivity contribution in [2.24, 2.45) is 17.8 Å². The molecule has 2 saturated carbocycles. The Kier molecular flexibility index (Phi) is 5.48. The third-order valence-corrected chi connectivity index (χ3v) is 7.08. The maximum absolute atomic E-state index is 2.45. The van der Waals surface area contributed by atoms with Crippen LogP contribution in [0.4, 0.5) is 0 Å². The number of hydrogen-bond acceptors (Lipinski definition) is 0. The Hall–Kier alpha value is -1.56. The largest absolute Gasteiger partial charge is 0.0651 e. The lowest BCUT2D eigenvalue weighted by molar-refractivity contribution is 0.124. The third kappa shape index (κ3) is 3.90. The maximum Gasteiger partial charge on any atom is -0.0159 e. The molecule has 0 aliphatic heterocycles. The molecule has 0 amide bonds. The summed E-state index contributed by atoms with van der Waals surface area (Å²) < 4.78 is 0. The molecule has 138 valence electrons. The second-order valence-electron chi connectivity index (χ2n) is 9.02. The Morgan fingerprint density at radius 3 is 2.04 bits per heavy atom. The van der Waals surface area contributed by atoms with Crippen molar-refractivity contribution in [2.75, 3.05) is 0 Å². The molecule has 0 saturated heterocycles. The Morgan fingerprint density at radius 1 is 0.731 bits per heavy atom. The van der Waals surface area contributed by atoms with Crippen LogP contribution < -0.4 is 0 Å². The molecule has 4 unspecified atom stereocenters. The third-order valence-electron chi connectivity index (χ3n) is 7.08. The Labute approximate surface area is 160 Å². The lowest BCUT2D eigenvalue weighted by atomic mass is 9.64. The van der Waals surface area contributed by atoms with E-state index in [0.717, 1.165) is 23.7 Å². The number of rotatable bonds is 4. The van der Waals surface area contributed by atoms with Crippen molar-refractivity contribution in [2.45, 2.75) is 71.1 Å². The van der Waals surface area contributed by atoms with Gasteiger partial charge in [-0.1, -0.05) is 75.2 Å². The van der Waals surface area contributed by atoms with E-state index in [2.05, 4.69) is 62.4 Å². The van der Waals surface area contributed by atoms with Gasteiger partial charge >= 0.3 is 0 Å². The molecule has 2 aromatic rings. The second-order valence-corrected chi connectivity index (χ2v) is 9.02. The molecule has 0 heteroatoms. The summed E-state index contributed by atoms with van der Waals surface area (Å²) in [6.45, 7) is 4.70. The molecule has 0 heterocycles. The molecule has 26 heavy (non-hydrogen) atoms. The van der Waals surface area contributed by atoms with E-state index in [9.17, 15) is 0 Å². The highest BCUT2D eigenvalue weighted by Gasteiger charge is 2.34. The summed E-state index contributed by atoms with van der Waals surface area (Å²) in [6, 6.07) is 18.7. The Bertz CT molecular complexity index is 694. The number of fused-ring (bicyclic) bond motifs is 1. The van der Waals surface area contributed by atoms with Crippen molar-refractivity contribution in [1.82, 2.24) is 0 Å². The van der Waals surface area contributed by atoms with Gasteiger partial charge in [-0.3, -0.25) is 0 Å². The molecule has 0 N–H and O–H groups in total. The summed E-state index contributed by atoms with van der Waals surface area (Å²) in [4.78, 5) is 0. The molecule has 4 atom stereocenters. The molecular weight excluding hydrogens is 312 g/mol. The minimum absolute atomic E-state index is 0.797. The highest BCUT2D eigenvalue weighted by Crippen LogP contribution is 2.47. The Morgan fingerprint density at radius 2 is 1.35 bits per heavy atom. The molecule has 0 spiro atoms. The summed E-state index contributed by atoms with van der Waals surface area (Å²) >= 11 is 0. The lowest BCUT2D eigenvalue weighted by Crippen LogP contribution is -2.29. The van der Waals surface area contributed by atoms with Crippen molar-refractivity contribution in [1.29, 1.82) is 0 Å². The van der Waals surface area contributed by atoms with Crippen LogP contribution in [0, 0.1) is 17.8 Å². The number of hydrogen-bond donors (Lipinski definition) is 0. The van der Waals surface area contributed by atoms with Gasteiger partial charge in [-0.05, 0) is 84.5 Å². The second kappa shape index (κ2) is 7.99. The first kappa shape index (κ1) is 17.8. The SMILES string of the molecule is CCCc1ccc(-c2ccc(C3CCC4CC(C)CCC4C3)cc2)cc1. The molecule has 0 radical (unpaired) electrons. The van der Waals surface area contributed by atoms with Gasteiger partial charge in [0.1, 0.15) is 0 Å². The first-order valence-electron chi connectivity index (χ1n) is 10.9. The minimum atomic E-state index is 0.797. The lowest BCUT2D eigenvalue weighted by Gasteiger charge is -2.41. The van der Waals surface area contributed by atoms with E-state index >= 15 is 0 Å². The van der Waals surface area contributed by atoms with Crippen LogP contribution in [0.3, 0.4) is 0 Å². The van der Waals surface area contributed by atoms with Crippen molar-refractivity contribution < 1.29 is 0 Å². The first-order chi connectivity index (χ1) is 12.7. The average Bonchev–Trinajstić information content (AvgIpc) is 2.69. The normalized spacial score (nSPS) is 28.5. The minimum Gasteiger partial charge on any atom is -0.0651 e. The van der Waals surface area contributed by atoms with Crippen molar-refractivity contribution in [3.8, 4) is 11.1 Å². The fourth-order valence-electron chi connectivity index (χ4n) is 5.53. The fraction of sp³-hybridized carbons (Fsp3) is 0.538. The maximum atomic E-state index is 2.45. The van der Waals surface area contributed by atoms with Crippen LogP contribution in [0.15, 0.2) is 48.5 Å². The fourth-order valence-corrected chi connectivity index (χ4v) is 5.53. The van der Waals surface area contributed by atoms with Crippen LogP contribution in [0.1, 0.15) is 75.8 Å². The van der Waals surface area contributed by atoms with Crippen molar-refractivity contribution >= 4 is 0 Å². The molecular formula is C26H34. The van der Waals surface area contributed by atoms with Gasteiger partial charge in [0.25, 0.3) is 0 Å². The van der Waals surface area contributed by atoms with Crippen molar-refractivity contribution in [3.05, 3.63) is 59.7 Å². The van der Waals surface area contributed by atoms with Gasteiger partial charge in [-0.25, -0.2) is 0 Å². The first-order valence-corrected chi connectivity index (χ1v) is 10.9. The summed E-state index contributed by atoms with van der Waals surface area (Å²) in [5.41, 5.74) is 5.73. The number of benzene rings is 2. The van der Waals surface area contributed by atoms with Gasteiger partial charge in [-0.15, -0.1) is 0 Å². The van der Waals surface area contributed by atoms with Crippen LogP contribution in [-0.4, -0.2) is 0 Å². The summed E-state index contributed by atoms with van der Waals surface area (Å²) in [5, 5.41) is 0. The van der Waals surface area contributed by atoms with Gasteiger partial charge in [-0.2, -0.15) is 0 Å². The quantitative estimate of drug-likeness (QED) is 0.534. The zero-order valence-corrected chi connectivity index (χ0v) is 16.6. The van der Waals surface area contributed by atoms with Crippen LogP contribution in [-0.2, 0) is 6.42 Å². The summed E-state index contributed by atoms with van der Waals surface area (Å²) in [5.74, 6) is 3.79. The van der Waals surface area contributed by atoms with E-state index in [4.69, 9.17) is 0 Å². The van der Waals surface area contributed by atoms with Crippen molar-refractivity contribution in [3.63, 3.8) is 0 Å². The molecule has 2 aromatic carbocycles. The van der Waals surface area contributed by atoms with E-state index in [0.29, 0.717) is 0 Å². The van der Waals surface area contributed by atoms with Gasteiger partial charge in [0.05, 0.1) is 0 Å². The van der Waals surface area contributed by atoms with Crippen LogP contribution in [0.25, 0.3) is 11.1 Å². The van der Waals surface area contributed by atoms with E-state index in [1.54, 1.807) is 5.56 Å². The predicted octanol–water partition coefficient (Wildman–Crippen LogP) is 7.63. The summed E-state index contributed by atoms with van der Waals surface area (Å²) in [6.07, 6.45) is 11.1. The monoisotopic (exact) mass is 346 g/mol. The zero-order chi connectivity index (χ0) is 17.9. The smallest absolute Gasteiger partial charge is 0.0159 e. The topological polar surface area (TPSA) is 0 Å².